The molecule has 246 valence electrons. The number of anilines is 1. The Labute approximate surface area is 291 Å². The van der Waals surface area contributed by atoms with Crippen molar-refractivity contribution in [3.05, 3.63) is 149 Å². The molecule has 0 spiro atoms. The number of benzene rings is 5. The highest BCUT2D eigenvalue weighted by molar-refractivity contribution is 6.39. The van der Waals surface area contributed by atoms with Gasteiger partial charge in [0.2, 0.25) is 25.4 Å². The van der Waals surface area contributed by atoms with E-state index >= 15 is 14.4 Å². The standard InChI is InChI=1S/C42H26N2O7/c43-21-24-11-15-29(16-12-24)44-38(45)36-37(39(44)46)42(28-9-5-2-6-10-28)35(26-14-18-31-33(20-26)51-23-49-31)34(25-13-17-30-32(19-25)50-22-48-30)41(36,40(42)47)27-7-3-1-4-8-27/h1-20,36-37H,22-23H2/t36-,37-,41+,42+/m1/s1. The van der Waals surface area contributed by atoms with E-state index in [2.05, 4.69) is 6.07 Å². The Hall–Kier alpha value is -6.66. The van der Waals surface area contributed by atoms with Crippen LogP contribution in [0.4, 0.5) is 5.69 Å². The highest BCUT2D eigenvalue weighted by Gasteiger charge is 2.82. The summed E-state index contributed by atoms with van der Waals surface area (Å²) in [5.41, 5.74) is 1.30. The molecule has 5 aliphatic rings. The number of hydrogen-bond donors (Lipinski definition) is 0. The minimum absolute atomic E-state index is 0.0564. The van der Waals surface area contributed by atoms with Gasteiger partial charge in [-0.05, 0) is 81.9 Å². The molecule has 2 bridgehead atoms. The summed E-state index contributed by atoms with van der Waals surface area (Å²) in [4.78, 5) is 47.7. The van der Waals surface area contributed by atoms with E-state index in [1.54, 1.807) is 24.3 Å². The minimum atomic E-state index is -1.60. The molecular weight excluding hydrogens is 644 g/mol. The first-order valence-corrected chi connectivity index (χ1v) is 16.6. The fourth-order valence-electron chi connectivity index (χ4n) is 9.17. The molecule has 0 radical (unpaired) electrons. The maximum absolute atomic E-state index is 16.2. The summed E-state index contributed by atoms with van der Waals surface area (Å²) >= 11 is 0. The molecule has 5 aromatic carbocycles. The molecular formula is C42H26N2O7. The third-order valence-electron chi connectivity index (χ3n) is 11.0. The largest absolute Gasteiger partial charge is 0.454 e. The number of nitriles is 1. The van der Waals surface area contributed by atoms with Crippen molar-refractivity contribution in [2.75, 3.05) is 18.5 Å². The average molecular weight is 671 g/mol. The van der Waals surface area contributed by atoms with Gasteiger partial charge in [-0.1, -0.05) is 72.8 Å². The van der Waals surface area contributed by atoms with Crippen LogP contribution in [0.5, 0.6) is 23.0 Å². The third kappa shape index (κ3) is 3.60. The molecule has 2 fully saturated rings. The number of ether oxygens (including phenoxy) is 4. The van der Waals surface area contributed by atoms with E-state index in [1.807, 2.05) is 97.1 Å². The van der Waals surface area contributed by atoms with Crippen LogP contribution < -0.4 is 23.8 Å². The highest BCUT2D eigenvalue weighted by Crippen LogP contribution is 2.74. The number of Topliss-reactive ketones (excluding diaryl/α,β-unsaturated/α-hetero) is 1. The van der Waals surface area contributed by atoms with Crippen LogP contribution in [0.2, 0.25) is 0 Å². The van der Waals surface area contributed by atoms with Gasteiger partial charge >= 0.3 is 0 Å². The zero-order valence-electron chi connectivity index (χ0n) is 26.9. The van der Waals surface area contributed by atoms with Crippen LogP contribution in [0.25, 0.3) is 11.1 Å². The normalized spacial score (nSPS) is 25.1. The monoisotopic (exact) mass is 670 g/mol. The lowest BCUT2D eigenvalue weighted by Gasteiger charge is -2.39. The number of fused-ring (bicyclic) bond motifs is 7. The quantitative estimate of drug-likeness (QED) is 0.203. The van der Waals surface area contributed by atoms with Crippen LogP contribution in [0.3, 0.4) is 0 Å². The van der Waals surface area contributed by atoms with Crippen LogP contribution >= 0.6 is 0 Å². The maximum Gasteiger partial charge on any atom is 0.239 e. The van der Waals surface area contributed by atoms with Gasteiger partial charge in [0.1, 0.15) is 0 Å². The molecule has 0 unspecified atom stereocenters. The molecule has 9 heteroatoms. The number of ketones is 1. The molecule has 1 saturated heterocycles. The smallest absolute Gasteiger partial charge is 0.239 e. The van der Waals surface area contributed by atoms with E-state index in [0.29, 0.717) is 67.6 Å². The van der Waals surface area contributed by atoms with Crippen LogP contribution in [0.1, 0.15) is 27.8 Å². The number of carbonyl (C=O) groups excluding carboxylic acids is 3. The minimum Gasteiger partial charge on any atom is -0.454 e. The molecule has 2 aliphatic carbocycles. The molecule has 51 heavy (non-hydrogen) atoms. The van der Waals surface area contributed by atoms with Gasteiger partial charge in [0.25, 0.3) is 0 Å². The van der Waals surface area contributed by atoms with Crippen molar-refractivity contribution >= 4 is 34.4 Å². The zero-order valence-corrected chi connectivity index (χ0v) is 26.9. The lowest BCUT2D eigenvalue weighted by Crippen LogP contribution is -2.45. The van der Waals surface area contributed by atoms with Crippen LogP contribution in [0.15, 0.2) is 121 Å². The zero-order chi connectivity index (χ0) is 34.5. The second-order valence-corrected chi connectivity index (χ2v) is 13.2. The Bertz CT molecular complexity index is 2280. The number of amides is 2. The first kappa shape index (κ1) is 29.3. The molecule has 3 aliphatic heterocycles. The van der Waals surface area contributed by atoms with E-state index in [1.165, 1.54) is 4.90 Å². The van der Waals surface area contributed by atoms with Gasteiger partial charge < -0.3 is 18.9 Å². The van der Waals surface area contributed by atoms with Crippen LogP contribution in [-0.2, 0) is 25.2 Å². The number of nitrogens with zero attached hydrogens (tertiary/aromatic N) is 2. The molecule has 10 rings (SSSR count). The van der Waals surface area contributed by atoms with E-state index in [9.17, 15) is 5.26 Å². The number of carbonyl (C=O) groups is 3. The van der Waals surface area contributed by atoms with E-state index in [0.717, 1.165) is 0 Å². The fraction of sp³-hybridized carbons (Fsp3) is 0.143. The first-order chi connectivity index (χ1) is 25.0. The van der Waals surface area contributed by atoms with Crippen molar-refractivity contribution in [1.29, 1.82) is 5.26 Å². The Morgan fingerprint density at radius 1 is 0.569 bits per heavy atom. The van der Waals surface area contributed by atoms with Gasteiger partial charge in [0.15, 0.2) is 28.8 Å². The molecule has 0 aromatic heterocycles. The summed E-state index contributed by atoms with van der Waals surface area (Å²) in [5.74, 6) is -1.24. The SMILES string of the molecule is N#Cc1ccc(N2C(=O)[C@H]3[C@H](C2=O)[C@@]2(c4ccccc4)C(=O)[C@@]3(c3ccccc3)C(c3ccc4c(c3)OCO4)=C2c2ccc3c(c2)OCO3)cc1. The van der Waals surface area contributed by atoms with Gasteiger partial charge in [0.05, 0.1) is 40.0 Å². The van der Waals surface area contributed by atoms with Crippen molar-refractivity contribution in [3.63, 3.8) is 0 Å². The molecule has 0 N–H and O–H groups in total. The van der Waals surface area contributed by atoms with E-state index < -0.39 is 34.5 Å². The van der Waals surface area contributed by atoms with Gasteiger partial charge in [-0.3, -0.25) is 14.4 Å². The molecule has 2 amide bonds. The van der Waals surface area contributed by atoms with Crippen LogP contribution in [-0.4, -0.2) is 31.2 Å². The Balaban J connectivity index is 1.36. The molecule has 3 heterocycles. The van der Waals surface area contributed by atoms with Gasteiger partial charge in [-0.2, -0.15) is 5.26 Å². The summed E-state index contributed by atoms with van der Waals surface area (Å²) in [6.07, 6.45) is 0. The van der Waals surface area contributed by atoms with Crippen LogP contribution in [0, 0.1) is 23.2 Å². The predicted molar refractivity (Wildman–Crippen MR) is 184 cm³/mol. The third-order valence-corrected chi connectivity index (χ3v) is 11.0. The highest BCUT2D eigenvalue weighted by atomic mass is 16.7. The van der Waals surface area contributed by atoms with Crippen molar-refractivity contribution in [2.24, 2.45) is 11.8 Å². The number of allylic oxidation sites excluding steroid dienone is 2. The number of imide groups is 1. The number of hydrogen-bond acceptors (Lipinski definition) is 8. The average Bonchev–Trinajstić information content (AvgIpc) is 3.98. The molecule has 1 saturated carbocycles. The molecule has 4 atom stereocenters. The second-order valence-electron chi connectivity index (χ2n) is 13.2. The van der Waals surface area contributed by atoms with Gasteiger partial charge in [0, 0.05) is 0 Å². The topological polar surface area (TPSA) is 115 Å². The maximum atomic E-state index is 16.2. The summed E-state index contributed by atoms with van der Waals surface area (Å²) in [5, 5.41) is 9.47. The summed E-state index contributed by atoms with van der Waals surface area (Å²) < 4.78 is 23.1. The second kappa shape index (κ2) is 10.4. The van der Waals surface area contributed by atoms with E-state index in [4.69, 9.17) is 18.9 Å². The van der Waals surface area contributed by atoms with Gasteiger partial charge in [-0.25, -0.2) is 4.90 Å². The number of rotatable bonds is 5. The Morgan fingerprint density at radius 2 is 1.02 bits per heavy atom. The van der Waals surface area contributed by atoms with Gasteiger partial charge in [-0.15, -0.1) is 0 Å². The molecule has 9 nitrogen and oxygen atoms in total. The van der Waals surface area contributed by atoms with Crippen molar-refractivity contribution in [3.8, 4) is 29.1 Å². The summed E-state index contributed by atoms with van der Waals surface area (Å²) in [6.45, 7) is 0.113. The molecule has 5 aromatic rings. The van der Waals surface area contributed by atoms with Crippen molar-refractivity contribution < 1.29 is 33.3 Å². The lowest BCUT2D eigenvalue weighted by atomic mass is 9.59. The van der Waals surface area contributed by atoms with E-state index in [-0.39, 0.29) is 19.4 Å². The lowest BCUT2D eigenvalue weighted by molar-refractivity contribution is -0.130. The first-order valence-electron chi connectivity index (χ1n) is 16.6. The van der Waals surface area contributed by atoms with Crippen molar-refractivity contribution in [2.45, 2.75) is 10.8 Å². The predicted octanol–water partition coefficient (Wildman–Crippen LogP) is 6.20. The Morgan fingerprint density at radius 3 is 1.47 bits per heavy atom. The fourth-order valence-corrected chi connectivity index (χ4v) is 9.17. The summed E-state index contributed by atoms with van der Waals surface area (Å²) in [6, 6.07) is 38.2. The summed E-state index contributed by atoms with van der Waals surface area (Å²) in [7, 11) is 0. The van der Waals surface area contributed by atoms with Crippen molar-refractivity contribution in [1.82, 2.24) is 0 Å². The Kier molecular flexibility index (Phi) is 5.98.